The molecule has 0 unspecified atom stereocenters. The van der Waals surface area contributed by atoms with Crippen LogP contribution in [0.15, 0.2) is 24.3 Å². The van der Waals surface area contributed by atoms with E-state index >= 15 is 0 Å². The molecular formula is C11H17N2O+. The van der Waals surface area contributed by atoms with Crippen LogP contribution in [-0.2, 0) is 0 Å². The lowest BCUT2D eigenvalue weighted by atomic mass is 10.3. The predicted molar refractivity (Wildman–Crippen MR) is 59.1 cm³/mol. The van der Waals surface area contributed by atoms with Crippen molar-refractivity contribution in [1.82, 2.24) is 0 Å². The molecule has 2 rings (SSSR count). The van der Waals surface area contributed by atoms with E-state index in [4.69, 9.17) is 4.74 Å². The maximum Gasteiger partial charge on any atom is 0.358 e. The predicted octanol–water partition coefficient (Wildman–Crippen LogP) is 2.13. The second-order valence-electron chi connectivity index (χ2n) is 2.79. The number of para-hydroxylation sites is 2. The van der Waals surface area contributed by atoms with Crippen molar-refractivity contribution < 1.29 is 9.42 Å². The third kappa shape index (κ3) is 1.87. The minimum Gasteiger partial charge on any atom is -0.407 e. The maximum atomic E-state index is 5.37. The number of hydrogen-bond donors (Lipinski definition) is 0. The van der Waals surface area contributed by atoms with Crippen LogP contribution in [0, 0.1) is 0 Å². The average Bonchev–Trinajstić information content (AvgIpc) is 2.27. The Bertz CT molecular complexity index is 334. The van der Waals surface area contributed by atoms with Gasteiger partial charge in [0.15, 0.2) is 12.8 Å². The van der Waals surface area contributed by atoms with E-state index in [0.717, 1.165) is 11.4 Å². The number of fused-ring (bicyclic) bond motifs is 1. The summed E-state index contributed by atoms with van der Waals surface area (Å²) in [7, 11) is 3.94. The van der Waals surface area contributed by atoms with Crippen molar-refractivity contribution >= 4 is 12.1 Å². The highest BCUT2D eigenvalue weighted by atomic mass is 16.5. The van der Waals surface area contributed by atoms with E-state index in [1.54, 1.807) is 6.40 Å². The van der Waals surface area contributed by atoms with Gasteiger partial charge >= 0.3 is 6.40 Å². The highest BCUT2D eigenvalue weighted by Gasteiger charge is 2.19. The third-order valence-corrected chi connectivity index (χ3v) is 2.02. The lowest BCUT2D eigenvalue weighted by molar-refractivity contribution is -0.511. The molecule has 0 atom stereocenters. The summed E-state index contributed by atoms with van der Waals surface area (Å²) in [6.45, 7) is 4.00. The van der Waals surface area contributed by atoms with Gasteiger partial charge in [-0.1, -0.05) is 30.7 Å². The molecule has 0 bridgehead atoms. The molecular weight excluding hydrogens is 176 g/mol. The van der Waals surface area contributed by atoms with Gasteiger partial charge in [-0.2, -0.15) is 5.01 Å². The summed E-state index contributed by atoms with van der Waals surface area (Å²) in [6.07, 6.45) is 1.68. The molecule has 76 valence electrons. The fourth-order valence-corrected chi connectivity index (χ4v) is 1.20. The zero-order valence-corrected chi connectivity index (χ0v) is 9.19. The summed E-state index contributed by atoms with van der Waals surface area (Å²) >= 11 is 0. The van der Waals surface area contributed by atoms with Crippen molar-refractivity contribution in [3.63, 3.8) is 0 Å². The van der Waals surface area contributed by atoms with E-state index in [1.165, 1.54) is 0 Å². The number of anilines is 1. The summed E-state index contributed by atoms with van der Waals surface area (Å²) in [4.78, 5) is 0. The molecule has 0 radical (unpaired) electrons. The van der Waals surface area contributed by atoms with Gasteiger partial charge in [-0.15, -0.1) is 0 Å². The largest absolute Gasteiger partial charge is 0.407 e. The Morgan fingerprint density at radius 2 is 1.86 bits per heavy atom. The van der Waals surface area contributed by atoms with Crippen LogP contribution in [0.2, 0.25) is 0 Å². The molecule has 0 fully saturated rings. The monoisotopic (exact) mass is 193 g/mol. The van der Waals surface area contributed by atoms with Crippen molar-refractivity contribution in [3.05, 3.63) is 24.3 Å². The van der Waals surface area contributed by atoms with Crippen molar-refractivity contribution in [3.8, 4) is 5.75 Å². The zero-order valence-electron chi connectivity index (χ0n) is 9.19. The number of rotatable bonds is 0. The van der Waals surface area contributed by atoms with E-state index in [2.05, 4.69) is 0 Å². The molecule has 0 saturated heterocycles. The third-order valence-electron chi connectivity index (χ3n) is 2.02. The first kappa shape index (κ1) is 10.6. The zero-order chi connectivity index (χ0) is 10.6. The summed E-state index contributed by atoms with van der Waals surface area (Å²) in [6, 6.07) is 7.94. The molecule has 3 nitrogen and oxygen atoms in total. The Kier molecular flexibility index (Phi) is 3.51. The van der Waals surface area contributed by atoms with Crippen LogP contribution >= 0.6 is 0 Å². The first-order valence-electron chi connectivity index (χ1n) is 4.84. The van der Waals surface area contributed by atoms with E-state index < -0.39 is 0 Å². The van der Waals surface area contributed by atoms with Crippen LogP contribution in [-0.4, -0.2) is 25.2 Å². The van der Waals surface area contributed by atoms with Crippen molar-refractivity contribution in [1.29, 1.82) is 0 Å². The fourth-order valence-electron chi connectivity index (χ4n) is 1.20. The Morgan fingerprint density at radius 1 is 1.21 bits per heavy atom. The number of hydrazone groups is 1. The van der Waals surface area contributed by atoms with Crippen LogP contribution in [0.3, 0.4) is 0 Å². The van der Waals surface area contributed by atoms with Crippen molar-refractivity contribution in [2.24, 2.45) is 0 Å². The first-order chi connectivity index (χ1) is 6.79. The number of benzene rings is 1. The summed E-state index contributed by atoms with van der Waals surface area (Å²) < 4.78 is 7.26. The quantitative estimate of drug-likeness (QED) is 0.586. The second kappa shape index (κ2) is 4.65. The van der Waals surface area contributed by atoms with Crippen molar-refractivity contribution in [2.75, 3.05) is 19.1 Å². The number of ether oxygens (including phenoxy) is 1. The highest BCUT2D eigenvalue weighted by Crippen LogP contribution is 2.28. The molecule has 1 heterocycles. The molecule has 0 spiro atoms. The second-order valence-corrected chi connectivity index (χ2v) is 2.79. The van der Waals surface area contributed by atoms with E-state index in [-0.39, 0.29) is 0 Å². The Morgan fingerprint density at radius 3 is 2.57 bits per heavy atom. The summed E-state index contributed by atoms with van der Waals surface area (Å²) in [5, 5.41) is 2.03. The first-order valence-corrected chi connectivity index (χ1v) is 4.84. The Balaban J connectivity index is 0.000000461. The van der Waals surface area contributed by atoms with E-state index in [1.807, 2.05) is 61.9 Å². The molecule has 14 heavy (non-hydrogen) atoms. The SMILES string of the molecule is CC.CN1c2ccccc2OC=[N+]1C. The van der Waals surface area contributed by atoms with Crippen molar-refractivity contribution in [2.45, 2.75) is 13.8 Å². The normalized spacial score (nSPS) is 13.1. The molecule has 0 aromatic heterocycles. The van der Waals surface area contributed by atoms with Gasteiger partial charge < -0.3 is 4.74 Å². The topological polar surface area (TPSA) is 15.5 Å². The van der Waals surface area contributed by atoms with E-state index in [9.17, 15) is 0 Å². The molecule has 1 aliphatic heterocycles. The Hall–Kier alpha value is -1.51. The molecule has 0 saturated carbocycles. The van der Waals surface area contributed by atoms with Gasteiger partial charge in [-0.05, 0) is 12.1 Å². The molecule has 0 amide bonds. The molecule has 1 aromatic rings. The van der Waals surface area contributed by atoms with Gasteiger partial charge in [0.05, 0.1) is 7.05 Å². The van der Waals surface area contributed by atoms with Crippen LogP contribution in [0.5, 0.6) is 5.75 Å². The lowest BCUT2D eigenvalue weighted by Gasteiger charge is -2.19. The number of hydrazine groups is 1. The van der Waals surface area contributed by atoms with Gasteiger partial charge in [0, 0.05) is 0 Å². The smallest absolute Gasteiger partial charge is 0.358 e. The summed E-state index contributed by atoms with van der Waals surface area (Å²) in [5.74, 6) is 0.901. The molecule has 1 aromatic carbocycles. The summed E-state index contributed by atoms with van der Waals surface area (Å²) in [5.41, 5.74) is 1.09. The maximum absolute atomic E-state index is 5.37. The fraction of sp³-hybridized carbons (Fsp3) is 0.364. The van der Waals surface area contributed by atoms with Crippen LogP contribution in [0.25, 0.3) is 0 Å². The van der Waals surface area contributed by atoms with Gasteiger partial charge in [0.25, 0.3) is 0 Å². The van der Waals surface area contributed by atoms with Crippen LogP contribution < -0.4 is 9.75 Å². The Labute approximate surface area is 85.2 Å². The van der Waals surface area contributed by atoms with Gasteiger partial charge in [-0.25, -0.2) is 0 Å². The molecule has 1 aliphatic rings. The van der Waals surface area contributed by atoms with Gasteiger partial charge in [0.1, 0.15) is 5.69 Å². The molecule has 0 N–H and O–H groups in total. The van der Waals surface area contributed by atoms with Gasteiger partial charge in [0.2, 0.25) is 0 Å². The number of nitrogens with zero attached hydrogens (tertiary/aromatic N) is 2. The standard InChI is InChI=1S/C9H11N2O.C2H6/c1-10-7-12-9-6-4-3-5-8(9)11(10)2;1-2/h3-7H,1-2H3;1-2H3/q+1;. The minimum atomic E-state index is 0.901. The van der Waals surface area contributed by atoms with E-state index in [0.29, 0.717) is 0 Å². The minimum absolute atomic E-state index is 0.901. The number of hydrogen-bond acceptors (Lipinski definition) is 2. The van der Waals surface area contributed by atoms with Crippen LogP contribution in [0.1, 0.15) is 13.8 Å². The lowest BCUT2D eigenvalue weighted by Crippen LogP contribution is -2.33. The van der Waals surface area contributed by atoms with Gasteiger partial charge in [-0.3, -0.25) is 0 Å². The average molecular weight is 193 g/mol. The molecule has 0 aliphatic carbocycles. The molecule has 3 heteroatoms. The van der Waals surface area contributed by atoms with Crippen LogP contribution in [0.4, 0.5) is 5.69 Å². The highest BCUT2D eigenvalue weighted by molar-refractivity contribution is 5.63.